The average Bonchev–Trinajstić information content (AvgIpc) is 3.19. The summed E-state index contributed by atoms with van der Waals surface area (Å²) in [5.41, 5.74) is -0.126. The van der Waals surface area contributed by atoms with Crippen molar-refractivity contribution in [1.29, 1.82) is 0 Å². The van der Waals surface area contributed by atoms with Gasteiger partial charge in [0.05, 0.1) is 24.5 Å². The molecule has 1 heterocycles. The minimum absolute atomic E-state index is 0.0362. The number of alkyl halides is 3. The smallest absolute Gasteiger partial charge is 0.453 e. The fourth-order valence-electron chi connectivity index (χ4n) is 3.91. The van der Waals surface area contributed by atoms with Gasteiger partial charge in [-0.3, -0.25) is 10.1 Å². The topological polar surface area (TPSA) is 133 Å². The van der Waals surface area contributed by atoms with E-state index in [1.807, 2.05) is 5.32 Å². The monoisotopic (exact) mass is 641 g/mol. The Hall–Kier alpha value is -3.85. The van der Waals surface area contributed by atoms with Crippen molar-refractivity contribution in [3.8, 4) is 11.3 Å². The molecule has 0 unspecified atom stereocenters. The molecule has 1 aromatic carbocycles. The number of hydrogen-bond donors (Lipinski definition) is 3. The summed E-state index contributed by atoms with van der Waals surface area (Å²) in [5.74, 6) is -1.88. The van der Waals surface area contributed by atoms with Crippen LogP contribution in [0.4, 0.5) is 34.1 Å². The van der Waals surface area contributed by atoms with Crippen molar-refractivity contribution in [3.63, 3.8) is 0 Å². The summed E-state index contributed by atoms with van der Waals surface area (Å²) >= 11 is 0. The molecule has 0 aliphatic rings. The number of halogens is 3. The summed E-state index contributed by atoms with van der Waals surface area (Å²) in [4.78, 5) is 41.2. The second kappa shape index (κ2) is 14.7. The molecule has 2 aromatic rings. The highest BCUT2D eigenvalue weighted by molar-refractivity contribution is 6.76. The Kier molecular flexibility index (Phi) is 12.2. The minimum Gasteiger partial charge on any atom is -0.453 e. The van der Waals surface area contributed by atoms with Crippen molar-refractivity contribution in [3.05, 3.63) is 42.4 Å². The van der Waals surface area contributed by atoms with Gasteiger partial charge in [0.1, 0.15) is 18.2 Å². The van der Waals surface area contributed by atoms with Gasteiger partial charge in [-0.25, -0.2) is 14.6 Å². The lowest BCUT2D eigenvalue weighted by atomic mass is 10.1. The van der Waals surface area contributed by atoms with Gasteiger partial charge in [0, 0.05) is 31.6 Å². The second-order valence-electron chi connectivity index (χ2n) is 12.2. The fourth-order valence-corrected chi connectivity index (χ4v) is 4.67. The van der Waals surface area contributed by atoms with Crippen LogP contribution in [-0.4, -0.2) is 61.2 Å². The molecule has 2 rings (SSSR count). The van der Waals surface area contributed by atoms with Gasteiger partial charge in [-0.05, 0) is 58.4 Å². The summed E-state index contributed by atoms with van der Waals surface area (Å²) in [7, 11) is -0.286. The number of hydrogen-bond acceptors (Lipinski definition) is 7. The van der Waals surface area contributed by atoms with Crippen LogP contribution in [0, 0.1) is 6.92 Å². The number of methoxy groups -OCH3 is 1. The second-order valence-corrected chi connectivity index (χ2v) is 17.9. The third-order valence-corrected chi connectivity index (χ3v) is 7.79. The summed E-state index contributed by atoms with van der Waals surface area (Å²) in [5, 5.41) is 7.04. The van der Waals surface area contributed by atoms with Crippen molar-refractivity contribution >= 4 is 37.5 Å². The number of rotatable bonds is 12. The number of benzene rings is 1. The van der Waals surface area contributed by atoms with Crippen LogP contribution in [0.25, 0.3) is 11.3 Å². The maximum Gasteiger partial charge on any atom is 0.471 e. The third kappa shape index (κ3) is 11.0. The maximum atomic E-state index is 13.3. The third-order valence-electron chi connectivity index (χ3n) is 6.08. The largest absolute Gasteiger partial charge is 0.471 e. The molecule has 0 aliphatic carbocycles. The molecular weight excluding hydrogens is 599 g/mol. The van der Waals surface area contributed by atoms with E-state index >= 15 is 0 Å². The predicted molar refractivity (Wildman–Crippen MR) is 164 cm³/mol. The van der Waals surface area contributed by atoms with E-state index in [2.05, 4.69) is 41.6 Å². The number of amides is 3. The Morgan fingerprint density at radius 1 is 1.11 bits per heavy atom. The molecule has 1 atom stereocenters. The zero-order valence-electron chi connectivity index (χ0n) is 26.4. The summed E-state index contributed by atoms with van der Waals surface area (Å²) < 4.78 is 57.5. The van der Waals surface area contributed by atoms with Crippen LogP contribution in [0.3, 0.4) is 0 Å². The quantitative estimate of drug-likeness (QED) is 0.129. The van der Waals surface area contributed by atoms with Gasteiger partial charge in [0.2, 0.25) is 0 Å². The molecule has 44 heavy (non-hydrogen) atoms. The van der Waals surface area contributed by atoms with Crippen LogP contribution in [0.1, 0.15) is 44.8 Å². The Labute approximate surface area is 256 Å². The molecule has 0 saturated carbocycles. The highest BCUT2D eigenvalue weighted by atomic mass is 28.3. The Balaban J connectivity index is 2.69. The lowest BCUT2D eigenvalue weighted by molar-refractivity contribution is -0.167. The van der Waals surface area contributed by atoms with Crippen molar-refractivity contribution in [2.24, 2.45) is 0 Å². The molecule has 0 bridgehead atoms. The lowest BCUT2D eigenvalue weighted by Gasteiger charge is -2.24. The summed E-state index contributed by atoms with van der Waals surface area (Å²) in [6.07, 6.45) is -4.91. The van der Waals surface area contributed by atoms with Crippen LogP contribution in [0.2, 0.25) is 25.7 Å². The molecule has 3 N–H and O–H groups in total. The van der Waals surface area contributed by atoms with Crippen LogP contribution in [0.5, 0.6) is 0 Å². The number of carbonyl (C=O) groups is 3. The maximum absolute atomic E-state index is 13.3. The van der Waals surface area contributed by atoms with Crippen molar-refractivity contribution in [1.82, 2.24) is 14.9 Å². The SMILES string of the molecule is C=CC[C@H](NC(=O)OC(C)(C)C)c1nc(-c2ccc(NC(=O)OC)cc2NC(=O)C(F)(F)F)c(C)n1COCC[Si](C)(C)C. The molecule has 0 spiro atoms. The number of carbonyl (C=O) groups excluding carboxylic acids is 3. The molecule has 1 aromatic heterocycles. The van der Waals surface area contributed by atoms with E-state index in [0.29, 0.717) is 18.1 Å². The molecule has 0 aliphatic heterocycles. The Morgan fingerprint density at radius 3 is 2.32 bits per heavy atom. The molecular formula is C29H42F3N5O6Si. The number of anilines is 2. The van der Waals surface area contributed by atoms with Crippen LogP contribution < -0.4 is 16.0 Å². The molecule has 0 saturated heterocycles. The van der Waals surface area contributed by atoms with Gasteiger partial charge in [-0.15, -0.1) is 6.58 Å². The Bertz CT molecular complexity index is 1350. The van der Waals surface area contributed by atoms with E-state index in [1.54, 1.807) is 38.3 Å². The van der Waals surface area contributed by atoms with Gasteiger partial charge >= 0.3 is 24.3 Å². The van der Waals surface area contributed by atoms with Gasteiger partial charge in [-0.2, -0.15) is 13.2 Å². The number of alkyl carbamates (subject to hydrolysis) is 1. The van der Waals surface area contributed by atoms with E-state index in [-0.39, 0.29) is 35.8 Å². The minimum atomic E-state index is -5.18. The molecule has 0 radical (unpaired) electrons. The highest BCUT2D eigenvalue weighted by Crippen LogP contribution is 2.35. The molecule has 11 nitrogen and oxygen atoms in total. The standard InChI is InChI=1S/C29H42F3N5O6Si/c1-10-11-21(35-27(40)43-28(3,4)5)24-36-23(18(2)37(24)17-42-14-15-44(7,8)9)20-13-12-19(33-26(39)41-6)16-22(20)34-25(38)29(30,31)32/h10,12-13,16,21H,1,11,14-15,17H2,2-9H3,(H,33,39)(H,34,38)(H,35,40)/t21-/m0/s1. The normalized spacial score (nSPS) is 12.7. The van der Waals surface area contributed by atoms with E-state index in [9.17, 15) is 27.6 Å². The van der Waals surface area contributed by atoms with Crippen LogP contribution in [0.15, 0.2) is 30.9 Å². The van der Waals surface area contributed by atoms with Gasteiger partial charge in [-0.1, -0.05) is 25.7 Å². The molecule has 0 fully saturated rings. The van der Waals surface area contributed by atoms with Crippen molar-refractivity contribution in [2.75, 3.05) is 24.4 Å². The van der Waals surface area contributed by atoms with E-state index in [1.165, 1.54) is 18.2 Å². The average molecular weight is 642 g/mol. The molecule has 244 valence electrons. The van der Waals surface area contributed by atoms with E-state index in [4.69, 9.17) is 14.5 Å². The van der Waals surface area contributed by atoms with Gasteiger partial charge < -0.3 is 29.4 Å². The predicted octanol–water partition coefficient (Wildman–Crippen LogP) is 6.99. The van der Waals surface area contributed by atoms with Crippen molar-refractivity contribution < 1.29 is 41.8 Å². The number of ether oxygens (including phenoxy) is 3. The van der Waals surface area contributed by atoms with E-state index < -0.39 is 44.0 Å². The van der Waals surface area contributed by atoms with Crippen LogP contribution in [-0.2, 0) is 25.7 Å². The highest BCUT2D eigenvalue weighted by Gasteiger charge is 2.39. The summed E-state index contributed by atoms with van der Waals surface area (Å²) in [6, 6.07) is 4.15. The first-order valence-corrected chi connectivity index (χ1v) is 17.6. The molecule has 3 amide bonds. The first kappa shape index (κ1) is 36.3. The van der Waals surface area contributed by atoms with Gasteiger partial charge in [0.15, 0.2) is 0 Å². The Morgan fingerprint density at radius 2 is 1.77 bits per heavy atom. The van der Waals surface area contributed by atoms with Crippen LogP contribution >= 0.6 is 0 Å². The first-order valence-electron chi connectivity index (χ1n) is 13.9. The zero-order chi connectivity index (χ0) is 33.5. The van der Waals surface area contributed by atoms with E-state index in [0.717, 1.165) is 13.2 Å². The number of imidazole rings is 1. The van der Waals surface area contributed by atoms with Gasteiger partial charge in [0.25, 0.3) is 0 Å². The summed E-state index contributed by atoms with van der Waals surface area (Å²) in [6.45, 7) is 17.8. The first-order chi connectivity index (χ1) is 20.3. The fraction of sp³-hybridized carbons (Fsp3) is 0.517. The number of nitrogens with one attached hydrogen (secondary N) is 3. The lowest BCUT2D eigenvalue weighted by Crippen LogP contribution is -2.36. The zero-order valence-corrected chi connectivity index (χ0v) is 27.4. The molecule has 15 heteroatoms. The number of nitrogens with zero attached hydrogens (tertiary/aromatic N) is 2. The van der Waals surface area contributed by atoms with Crippen molar-refractivity contribution in [2.45, 2.75) is 84.4 Å². The number of aromatic nitrogens is 2.